The van der Waals surface area contributed by atoms with Crippen LogP contribution in [0.4, 0.5) is 0 Å². The molecule has 114 valence electrons. The van der Waals surface area contributed by atoms with Crippen LogP contribution in [0.5, 0.6) is 5.88 Å². The molecule has 0 unspecified atom stereocenters. The number of ether oxygens (including phenoxy) is 1. The van der Waals surface area contributed by atoms with Crippen molar-refractivity contribution in [1.82, 2.24) is 14.7 Å². The summed E-state index contributed by atoms with van der Waals surface area (Å²) in [7, 11) is 3.54. The summed E-state index contributed by atoms with van der Waals surface area (Å²) in [5.41, 5.74) is 3.26. The van der Waals surface area contributed by atoms with Gasteiger partial charge in [-0.25, -0.2) is 4.68 Å². The van der Waals surface area contributed by atoms with Crippen LogP contribution >= 0.6 is 0 Å². The number of benzene rings is 1. The summed E-state index contributed by atoms with van der Waals surface area (Å²) in [5, 5.41) is 13.7. The van der Waals surface area contributed by atoms with E-state index >= 15 is 0 Å². The second-order valence-corrected chi connectivity index (χ2v) is 5.12. The lowest BCUT2D eigenvalue weighted by Crippen LogP contribution is -2.26. The van der Waals surface area contributed by atoms with Crippen molar-refractivity contribution >= 4 is 0 Å². The van der Waals surface area contributed by atoms with Gasteiger partial charge >= 0.3 is 0 Å². The van der Waals surface area contributed by atoms with E-state index in [1.54, 1.807) is 11.8 Å². The molecule has 1 aromatic carbocycles. The van der Waals surface area contributed by atoms with E-state index in [2.05, 4.69) is 22.1 Å². The number of aliphatic hydroxyl groups is 1. The Morgan fingerprint density at radius 2 is 1.95 bits per heavy atom. The number of aromatic nitrogens is 2. The average Bonchev–Trinajstić information content (AvgIpc) is 2.74. The van der Waals surface area contributed by atoms with Gasteiger partial charge in [0, 0.05) is 26.7 Å². The molecule has 5 heteroatoms. The summed E-state index contributed by atoms with van der Waals surface area (Å²) in [5.74, 6) is 0.781. The van der Waals surface area contributed by atoms with Crippen LogP contribution in [0.1, 0.15) is 16.8 Å². The Morgan fingerprint density at radius 1 is 1.24 bits per heavy atom. The molecule has 1 aromatic heterocycles. The largest absolute Gasteiger partial charge is 0.481 e. The van der Waals surface area contributed by atoms with E-state index < -0.39 is 0 Å². The molecule has 0 fully saturated rings. The van der Waals surface area contributed by atoms with Crippen LogP contribution in [0.3, 0.4) is 0 Å². The summed E-state index contributed by atoms with van der Waals surface area (Å²) in [6.07, 6.45) is 0. The number of aryl methyl sites for hydroxylation is 2. The third kappa shape index (κ3) is 3.83. The Kier molecular flexibility index (Phi) is 5.36. The smallest absolute Gasteiger partial charge is 0.216 e. The molecule has 0 amide bonds. The number of rotatable bonds is 7. The normalized spacial score (nSPS) is 11.1. The highest BCUT2D eigenvalue weighted by Gasteiger charge is 2.17. The van der Waals surface area contributed by atoms with Gasteiger partial charge in [-0.1, -0.05) is 30.3 Å². The number of nitrogens with zero attached hydrogens (tertiary/aromatic N) is 3. The van der Waals surface area contributed by atoms with Gasteiger partial charge < -0.3 is 9.84 Å². The molecule has 1 heterocycles. The van der Waals surface area contributed by atoms with Gasteiger partial charge in [-0.05, 0) is 12.5 Å². The van der Waals surface area contributed by atoms with Crippen molar-refractivity contribution in [2.75, 3.05) is 20.3 Å². The van der Waals surface area contributed by atoms with Gasteiger partial charge in [0.15, 0.2) is 0 Å². The molecule has 0 radical (unpaired) electrons. The van der Waals surface area contributed by atoms with Crippen molar-refractivity contribution < 1.29 is 9.84 Å². The molecule has 21 heavy (non-hydrogen) atoms. The minimum Gasteiger partial charge on any atom is -0.481 e. The van der Waals surface area contributed by atoms with Gasteiger partial charge in [-0.15, -0.1) is 0 Å². The topological polar surface area (TPSA) is 50.5 Å². The van der Waals surface area contributed by atoms with Crippen LogP contribution in [0.25, 0.3) is 0 Å². The summed E-state index contributed by atoms with van der Waals surface area (Å²) in [6, 6.07) is 10.3. The first-order valence-corrected chi connectivity index (χ1v) is 7.09. The van der Waals surface area contributed by atoms with E-state index in [0.717, 1.165) is 23.7 Å². The lowest BCUT2D eigenvalue weighted by molar-refractivity contribution is 0.182. The van der Waals surface area contributed by atoms with Gasteiger partial charge in [-0.3, -0.25) is 4.90 Å². The van der Waals surface area contributed by atoms with Gasteiger partial charge in [0.05, 0.1) is 25.0 Å². The van der Waals surface area contributed by atoms with Gasteiger partial charge in [0.25, 0.3) is 0 Å². The fourth-order valence-electron chi connectivity index (χ4n) is 2.54. The Balaban J connectivity index is 2.16. The lowest BCUT2D eigenvalue weighted by Gasteiger charge is -2.21. The molecule has 0 saturated heterocycles. The molecule has 1 N–H and O–H groups in total. The third-order valence-electron chi connectivity index (χ3n) is 3.53. The van der Waals surface area contributed by atoms with E-state index in [0.29, 0.717) is 13.1 Å². The van der Waals surface area contributed by atoms with E-state index in [1.165, 1.54) is 5.56 Å². The van der Waals surface area contributed by atoms with Crippen LogP contribution in [0, 0.1) is 6.92 Å². The molecule has 0 saturated carbocycles. The highest BCUT2D eigenvalue weighted by Crippen LogP contribution is 2.23. The maximum atomic E-state index is 9.30. The van der Waals surface area contributed by atoms with Crippen LogP contribution in [0.15, 0.2) is 30.3 Å². The molecule has 0 aliphatic rings. The Hall–Kier alpha value is -1.85. The summed E-state index contributed by atoms with van der Waals surface area (Å²) in [4.78, 5) is 2.20. The molecule has 2 aromatic rings. The molecule has 2 rings (SSSR count). The maximum Gasteiger partial charge on any atom is 0.216 e. The maximum absolute atomic E-state index is 9.30. The van der Waals surface area contributed by atoms with Crippen molar-refractivity contribution in [3.8, 4) is 5.88 Å². The van der Waals surface area contributed by atoms with Gasteiger partial charge in [0.1, 0.15) is 0 Å². The molecule has 5 nitrogen and oxygen atoms in total. The fourth-order valence-corrected chi connectivity index (χ4v) is 2.54. The van der Waals surface area contributed by atoms with Gasteiger partial charge in [-0.2, -0.15) is 5.10 Å². The molecule has 0 spiro atoms. The first-order valence-electron chi connectivity index (χ1n) is 7.09. The highest BCUT2D eigenvalue weighted by atomic mass is 16.5. The predicted molar refractivity (Wildman–Crippen MR) is 82.1 cm³/mol. The van der Waals surface area contributed by atoms with Crippen LogP contribution in [0.2, 0.25) is 0 Å². The minimum absolute atomic E-state index is 0.133. The Bertz CT molecular complexity index is 566. The SMILES string of the molecule is COc1c(CN(CCO)Cc2ccccc2)c(C)nn1C. The number of hydrogen-bond donors (Lipinski definition) is 1. The van der Waals surface area contributed by atoms with E-state index in [1.807, 2.05) is 32.2 Å². The van der Waals surface area contributed by atoms with Crippen molar-refractivity contribution in [3.05, 3.63) is 47.2 Å². The summed E-state index contributed by atoms with van der Waals surface area (Å²) in [6.45, 7) is 4.23. The highest BCUT2D eigenvalue weighted by molar-refractivity contribution is 5.31. The Labute approximate surface area is 125 Å². The number of hydrogen-bond acceptors (Lipinski definition) is 4. The fraction of sp³-hybridized carbons (Fsp3) is 0.438. The standard InChI is InChI=1S/C16H23N3O2/c1-13-15(16(21-3)18(2)17-13)12-19(9-10-20)11-14-7-5-4-6-8-14/h4-8,20H,9-12H2,1-3H3. The zero-order valence-corrected chi connectivity index (χ0v) is 12.9. The second kappa shape index (κ2) is 7.24. The molecule has 0 bridgehead atoms. The summed E-state index contributed by atoms with van der Waals surface area (Å²) < 4.78 is 7.19. The van der Waals surface area contributed by atoms with Crippen molar-refractivity contribution in [3.63, 3.8) is 0 Å². The zero-order chi connectivity index (χ0) is 15.2. The number of methoxy groups -OCH3 is 1. The zero-order valence-electron chi connectivity index (χ0n) is 12.9. The lowest BCUT2D eigenvalue weighted by atomic mass is 10.2. The minimum atomic E-state index is 0.133. The Morgan fingerprint density at radius 3 is 2.57 bits per heavy atom. The molecule has 0 aliphatic carbocycles. The van der Waals surface area contributed by atoms with Crippen molar-refractivity contribution in [2.24, 2.45) is 7.05 Å². The molecular weight excluding hydrogens is 266 g/mol. The third-order valence-corrected chi connectivity index (χ3v) is 3.53. The van der Waals surface area contributed by atoms with Crippen LogP contribution in [-0.2, 0) is 20.1 Å². The molecule has 0 atom stereocenters. The first-order chi connectivity index (χ1) is 10.2. The molecular formula is C16H23N3O2. The van der Waals surface area contributed by atoms with E-state index in [9.17, 15) is 5.11 Å². The average molecular weight is 289 g/mol. The number of aliphatic hydroxyl groups excluding tert-OH is 1. The predicted octanol–water partition coefficient (Wildman–Crippen LogP) is 1.73. The van der Waals surface area contributed by atoms with Crippen LogP contribution in [-0.4, -0.2) is 40.0 Å². The van der Waals surface area contributed by atoms with E-state index in [-0.39, 0.29) is 6.61 Å². The molecule has 0 aliphatic heterocycles. The van der Waals surface area contributed by atoms with Gasteiger partial charge in [0.2, 0.25) is 5.88 Å². The monoisotopic (exact) mass is 289 g/mol. The van der Waals surface area contributed by atoms with E-state index in [4.69, 9.17) is 4.74 Å². The summed E-state index contributed by atoms with van der Waals surface area (Å²) >= 11 is 0. The van der Waals surface area contributed by atoms with Crippen molar-refractivity contribution in [1.29, 1.82) is 0 Å². The van der Waals surface area contributed by atoms with Crippen molar-refractivity contribution in [2.45, 2.75) is 20.0 Å². The second-order valence-electron chi connectivity index (χ2n) is 5.12. The first kappa shape index (κ1) is 15.5. The van der Waals surface area contributed by atoms with Crippen LogP contribution < -0.4 is 4.74 Å². The quantitative estimate of drug-likeness (QED) is 0.843.